The fraction of sp³-hybridized carbons (Fsp3) is 0.538. The van der Waals surface area contributed by atoms with Gasteiger partial charge in [0, 0.05) is 12.5 Å². The van der Waals surface area contributed by atoms with E-state index in [1.54, 1.807) is 7.11 Å². The van der Waals surface area contributed by atoms with Crippen molar-refractivity contribution >= 4 is 0 Å². The summed E-state index contributed by atoms with van der Waals surface area (Å²) in [5, 5.41) is 0. The molecule has 0 saturated heterocycles. The van der Waals surface area contributed by atoms with Crippen molar-refractivity contribution in [3.63, 3.8) is 0 Å². The molecule has 0 aliphatic heterocycles. The van der Waals surface area contributed by atoms with Crippen molar-refractivity contribution < 1.29 is 17.9 Å². The first-order valence-corrected chi connectivity index (χ1v) is 6.10. The molecule has 6 heteroatoms. The molecule has 0 saturated carbocycles. The van der Waals surface area contributed by atoms with Gasteiger partial charge in [0.05, 0.1) is 7.11 Å². The Kier molecular flexibility index (Phi) is 6.11. The van der Waals surface area contributed by atoms with E-state index in [-0.39, 0.29) is 12.5 Å². The van der Waals surface area contributed by atoms with E-state index in [0.29, 0.717) is 12.8 Å². The zero-order valence-corrected chi connectivity index (χ0v) is 10.8. The van der Waals surface area contributed by atoms with Gasteiger partial charge in [-0.05, 0) is 37.0 Å². The average molecular weight is 276 g/mol. The Balaban J connectivity index is 2.42. The first-order valence-electron chi connectivity index (χ1n) is 6.10. The maximum Gasteiger partial charge on any atom is 0.389 e. The van der Waals surface area contributed by atoms with Gasteiger partial charge >= 0.3 is 6.18 Å². The highest BCUT2D eigenvalue weighted by molar-refractivity contribution is 5.27. The lowest BCUT2D eigenvalue weighted by atomic mass is 10.0. The molecule has 1 rings (SSSR count). The molecule has 1 aromatic rings. The monoisotopic (exact) mass is 276 g/mol. The van der Waals surface area contributed by atoms with Gasteiger partial charge in [-0.15, -0.1) is 0 Å². The van der Waals surface area contributed by atoms with Gasteiger partial charge in [0.15, 0.2) is 0 Å². The van der Waals surface area contributed by atoms with E-state index in [9.17, 15) is 13.2 Å². The van der Waals surface area contributed by atoms with E-state index in [1.807, 2.05) is 24.3 Å². The fourth-order valence-electron chi connectivity index (χ4n) is 1.84. The normalized spacial score (nSPS) is 13.3. The van der Waals surface area contributed by atoms with Gasteiger partial charge in [-0.25, -0.2) is 0 Å². The number of halogens is 3. The molecule has 0 heterocycles. The van der Waals surface area contributed by atoms with Crippen molar-refractivity contribution in [2.45, 2.75) is 37.9 Å². The second-order valence-corrected chi connectivity index (χ2v) is 4.42. The lowest BCUT2D eigenvalue weighted by molar-refractivity contribution is -0.135. The van der Waals surface area contributed by atoms with Crippen LogP contribution in [-0.4, -0.2) is 19.3 Å². The fourth-order valence-corrected chi connectivity index (χ4v) is 1.84. The molecule has 1 unspecified atom stereocenters. The highest BCUT2D eigenvalue weighted by Crippen LogP contribution is 2.23. The average Bonchev–Trinajstić information content (AvgIpc) is 2.37. The van der Waals surface area contributed by atoms with Gasteiger partial charge < -0.3 is 4.74 Å². The molecule has 0 aliphatic rings. The Hall–Kier alpha value is -1.27. The summed E-state index contributed by atoms with van der Waals surface area (Å²) in [5.74, 6) is 6.12. The first-order chi connectivity index (χ1) is 8.94. The van der Waals surface area contributed by atoms with Gasteiger partial charge in [0.2, 0.25) is 0 Å². The maximum absolute atomic E-state index is 12.1. The number of benzene rings is 1. The minimum absolute atomic E-state index is 0.0779. The molecule has 3 N–H and O–H groups in total. The second-order valence-electron chi connectivity index (χ2n) is 4.42. The number of hydrogen-bond acceptors (Lipinski definition) is 3. The predicted octanol–water partition coefficient (Wildman–Crippen LogP) is 2.80. The number of methoxy groups -OCH3 is 1. The maximum atomic E-state index is 12.1. The summed E-state index contributed by atoms with van der Waals surface area (Å²) in [6, 6.07) is 7.24. The van der Waals surface area contributed by atoms with Crippen LogP contribution in [0.4, 0.5) is 13.2 Å². The van der Waals surface area contributed by atoms with Crippen LogP contribution in [-0.2, 0) is 6.42 Å². The highest BCUT2D eigenvalue weighted by atomic mass is 19.4. The molecule has 1 aromatic carbocycles. The highest BCUT2D eigenvalue weighted by Gasteiger charge is 2.26. The van der Waals surface area contributed by atoms with E-state index in [4.69, 9.17) is 10.6 Å². The molecule has 0 radical (unpaired) electrons. The van der Waals surface area contributed by atoms with Gasteiger partial charge in [0.25, 0.3) is 0 Å². The van der Waals surface area contributed by atoms with Gasteiger partial charge in [-0.2, -0.15) is 13.2 Å². The Morgan fingerprint density at radius 2 is 1.89 bits per heavy atom. The molecule has 3 nitrogen and oxygen atoms in total. The largest absolute Gasteiger partial charge is 0.497 e. The molecule has 0 spiro atoms. The molecule has 0 bridgehead atoms. The number of ether oxygens (including phenoxy) is 1. The molecule has 0 aromatic heterocycles. The van der Waals surface area contributed by atoms with Crippen molar-refractivity contribution in [1.29, 1.82) is 0 Å². The molecular formula is C13H19F3N2O. The standard InChI is InChI=1S/C13H19F3N2O/c1-19-12-6-4-10(5-7-12)9-11(18-17)3-2-8-13(14,15)16/h4-7,11,18H,2-3,8-9,17H2,1H3. The summed E-state index contributed by atoms with van der Waals surface area (Å²) < 4.78 is 41.2. The zero-order valence-electron chi connectivity index (χ0n) is 10.8. The number of hydrazine groups is 1. The second kappa shape index (κ2) is 7.35. The van der Waals surface area contributed by atoms with Crippen LogP contribution in [0.5, 0.6) is 5.75 Å². The zero-order chi connectivity index (χ0) is 14.3. The Morgan fingerprint density at radius 3 is 2.37 bits per heavy atom. The predicted molar refractivity (Wildman–Crippen MR) is 67.7 cm³/mol. The third-order valence-electron chi connectivity index (χ3n) is 2.89. The molecule has 1 atom stereocenters. The SMILES string of the molecule is COc1ccc(CC(CCCC(F)(F)F)NN)cc1. The molecular weight excluding hydrogens is 257 g/mol. The van der Waals surface area contributed by atoms with E-state index in [2.05, 4.69) is 5.43 Å². The van der Waals surface area contributed by atoms with Crippen molar-refractivity contribution in [3.05, 3.63) is 29.8 Å². The first kappa shape index (κ1) is 15.8. The molecule has 0 fully saturated rings. The van der Waals surface area contributed by atoms with Crippen LogP contribution in [0.15, 0.2) is 24.3 Å². The minimum Gasteiger partial charge on any atom is -0.497 e. The van der Waals surface area contributed by atoms with Crippen LogP contribution in [0.25, 0.3) is 0 Å². The number of alkyl halides is 3. The van der Waals surface area contributed by atoms with Crippen molar-refractivity contribution in [3.8, 4) is 5.75 Å². The summed E-state index contributed by atoms with van der Waals surface area (Å²) in [6.45, 7) is 0. The van der Waals surface area contributed by atoms with Gasteiger partial charge in [0.1, 0.15) is 5.75 Å². The minimum atomic E-state index is -4.10. The van der Waals surface area contributed by atoms with Gasteiger partial charge in [-0.3, -0.25) is 11.3 Å². The van der Waals surface area contributed by atoms with Crippen LogP contribution < -0.4 is 16.0 Å². The van der Waals surface area contributed by atoms with Gasteiger partial charge in [-0.1, -0.05) is 12.1 Å². The Bertz CT molecular complexity index is 365. The van der Waals surface area contributed by atoms with Crippen LogP contribution in [0, 0.1) is 0 Å². The van der Waals surface area contributed by atoms with E-state index >= 15 is 0 Å². The third kappa shape index (κ3) is 6.45. The summed E-state index contributed by atoms with van der Waals surface area (Å²) >= 11 is 0. The van der Waals surface area contributed by atoms with Crippen LogP contribution in [0.2, 0.25) is 0 Å². The molecule has 108 valence electrons. The topological polar surface area (TPSA) is 47.3 Å². The number of rotatable bonds is 7. The van der Waals surface area contributed by atoms with Crippen LogP contribution in [0.1, 0.15) is 24.8 Å². The molecule has 19 heavy (non-hydrogen) atoms. The number of hydrogen-bond donors (Lipinski definition) is 2. The van der Waals surface area contributed by atoms with E-state index in [1.165, 1.54) is 0 Å². The Morgan fingerprint density at radius 1 is 1.26 bits per heavy atom. The molecule has 0 amide bonds. The van der Waals surface area contributed by atoms with Crippen molar-refractivity contribution in [2.75, 3.05) is 7.11 Å². The summed E-state index contributed by atoms with van der Waals surface area (Å²) in [6.07, 6.45) is -3.80. The summed E-state index contributed by atoms with van der Waals surface area (Å²) in [5.41, 5.74) is 3.58. The quantitative estimate of drug-likeness (QED) is 0.594. The van der Waals surface area contributed by atoms with Crippen molar-refractivity contribution in [1.82, 2.24) is 5.43 Å². The number of nitrogens with two attached hydrogens (primary N) is 1. The van der Waals surface area contributed by atoms with E-state index in [0.717, 1.165) is 11.3 Å². The third-order valence-corrected chi connectivity index (χ3v) is 2.89. The van der Waals surface area contributed by atoms with Crippen molar-refractivity contribution in [2.24, 2.45) is 5.84 Å². The molecule has 0 aliphatic carbocycles. The van der Waals surface area contributed by atoms with Crippen LogP contribution in [0.3, 0.4) is 0 Å². The number of nitrogens with one attached hydrogen (secondary N) is 1. The Labute approximate surface area is 110 Å². The summed E-state index contributed by atoms with van der Waals surface area (Å²) in [7, 11) is 1.58. The lowest BCUT2D eigenvalue weighted by Crippen LogP contribution is -2.36. The smallest absolute Gasteiger partial charge is 0.389 e. The lowest BCUT2D eigenvalue weighted by Gasteiger charge is -2.16. The van der Waals surface area contributed by atoms with E-state index < -0.39 is 12.6 Å². The summed E-state index contributed by atoms with van der Waals surface area (Å²) in [4.78, 5) is 0. The van der Waals surface area contributed by atoms with Crippen LogP contribution >= 0.6 is 0 Å².